The van der Waals surface area contributed by atoms with Crippen LogP contribution in [0.2, 0.25) is 0 Å². The molecular formula is C29H33N5O3S2. The van der Waals surface area contributed by atoms with Gasteiger partial charge in [-0.25, -0.2) is 0 Å². The lowest BCUT2D eigenvalue weighted by Crippen LogP contribution is -2.43. The first-order chi connectivity index (χ1) is 19.1. The summed E-state index contributed by atoms with van der Waals surface area (Å²) in [6, 6.07) is 21.6. The molecule has 8 nitrogen and oxygen atoms in total. The van der Waals surface area contributed by atoms with Crippen LogP contribution in [0.3, 0.4) is 0 Å². The monoisotopic (exact) mass is 563 g/mol. The SMILES string of the molecule is CN(c1cccc2cc(C(=O)NCC(CN3CCOCC3)SCc3ccccc3)[nH]c12)[S+]([O-])c1cccnc1. The number of ether oxygens (including phenoxy) is 1. The Kier molecular flexibility index (Phi) is 9.44. The van der Waals surface area contributed by atoms with E-state index < -0.39 is 11.4 Å². The van der Waals surface area contributed by atoms with Crippen molar-refractivity contribution < 1.29 is 14.1 Å². The molecule has 204 valence electrons. The number of hydrogen-bond acceptors (Lipinski definition) is 7. The summed E-state index contributed by atoms with van der Waals surface area (Å²) >= 11 is 0.430. The Morgan fingerprint density at radius 3 is 2.77 bits per heavy atom. The molecule has 2 unspecified atom stereocenters. The van der Waals surface area contributed by atoms with Gasteiger partial charge in [0.1, 0.15) is 22.7 Å². The van der Waals surface area contributed by atoms with Crippen LogP contribution in [0.15, 0.2) is 84.0 Å². The van der Waals surface area contributed by atoms with Gasteiger partial charge >= 0.3 is 0 Å². The Morgan fingerprint density at radius 1 is 1.18 bits per heavy atom. The molecule has 1 aliphatic rings. The molecule has 1 amide bonds. The number of aromatic amines is 1. The molecule has 1 aliphatic heterocycles. The zero-order valence-electron chi connectivity index (χ0n) is 21.9. The highest BCUT2D eigenvalue weighted by molar-refractivity contribution is 7.99. The molecule has 0 saturated carbocycles. The van der Waals surface area contributed by atoms with Gasteiger partial charge in [0.05, 0.1) is 32.0 Å². The highest BCUT2D eigenvalue weighted by Gasteiger charge is 2.23. The van der Waals surface area contributed by atoms with Gasteiger partial charge in [-0.05, 0) is 29.8 Å². The highest BCUT2D eigenvalue weighted by atomic mass is 32.2. The Labute approximate surface area is 236 Å². The fourth-order valence-electron chi connectivity index (χ4n) is 4.56. The van der Waals surface area contributed by atoms with Gasteiger partial charge in [-0.1, -0.05) is 42.5 Å². The number of amides is 1. The summed E-state index contributed by atoms with van der Waals surface area (Å²) in [5, 5.41) is 4.27. The van der Waals surface area contributed by atoms with Crippen LogP contribution in [-0.4, -0.2) is 77.0 Å². The van der Waals surface area contributed by atoms with E-state index in [4.69, 9.17) is 4.74 Å². The maximum atomic E-state index is 13.3. The van der Waals surface area contributed by atoms with E-state index in [-0.39, 0.29) is 11.2 Å². The quantitative estimate of drug-likeness (QED) is 0.266. The minimum Gasteiger partial charge on any atom is -0.588 e. The molecule has 0 spiro atoms. The van der Waals surface area contributed by atoms with Gasteiger partial charge in [0.25, 0.3) is 5.91 Å². The normalized spacial score (nSPS) is 15.6. The molecule has 39 heavy (non-hydrogen) atoms. The van der Waals surface area contributed by atoms with Gasteiger partial charge in [-0.2, -0.15) is 16.1 Å². The smallest absolute Gasteiger partial charge is 0.267 e. The summed E-state index contributed by atoms with van der Waals surface area (Å²) in [4.78, 5) is 23.6. The second-order valence-electron chi connectivity index (χ2n) is 9.40. The second-order valence-corrected chi connectivity index (χ2v) is 12.2. The number of rotatable bonds is 11. The van der Waals surface area contributed by atoms with E-state index in [0.717, 1.165) is 55.2 Å². The van der Waals surface area contributed by atoms with Crippen LogP contribution in [0.25, 0.3) is 10.9 Å². The number of pyridine rings is 1. The predicted molar refractivity (Wildman–Crippen MR) is 158 cm³/mol. The molecule has 0 radical (unpaired) electrons. The third-order valence-electron chi connectivity index (χ3n) is 6.69. The van der Waals surface area contributed by atoms with Crippen LogP contribution in [0.5, 0.6) is 0 Å². The van der Waals surface area contributed by atoms with Gasteiger partial charge in [0.2, 0.25) is 0 Å². The average Bonchev–Trinajstić information content (AvgIpc) is 3.44. The first-order valence-corrected chi connectivity index (χ1v) is 15.2. The Morgan fingerprint density at radius 2 is 2.00 bits per heavy atom. The van der Waals surface area contributed by atoms with Crippen molar-refractivity contribution in [1.82, 2.24) is 20.2 Å². The molecule has 10 heteroatoms. The number of thioether (sulfide) groups is 1. The maximum absolute atomic E-state index is 13.3. The minimum atomic E-state index is -1.43. The number of nitrogens with one attached hydrogen (secondary N) is 2. The fraction of sp³-hybridized carbons (Fsp3) is 0.310. The molecule has 0 aliphatic carbocycles. The molecule has 4 aromatic rings. The van der Waals surface area contributed by atoms with Crippen molar-refractivity contribution >= 4 is 45.6 Å². The van der Waals surface area contributed by atoms with E-state index in [1.807, 2.05) is 42.1 Å². The summed E-state index contributed by atoms with van der Waals surface area (Å²) < 4.78 is 20.3. The zero-order chi connectivity index (χ0) is 27.0. The molecule has 2 aromatic heterocycles. The van der Waals surface area contributed by atoms with E-state index in [1.54, 1.807) is 35.9 Å². The molecule has 1 saturated heterocycles. The number of para-hydroxylation sites is 1. The van der Waals surface area contributed by atoms with Crippen molar-refractivity contribution in [2.75, 3.05) is 50.7 Å². The van der Waals surface area contributed by atoms with Gasteiger partial charge in [-0.15, -0.1) is 0 Å². The first kappa shape index (κ1) is 27.5. The number of benzene rings is 2. The lowest BCUT2D eigenvalue weighted by Gasteiger charge is -2.30. The number of morpholine rings is 1. The molecule has 2 N–H and O–H groups in total. The third-order valence-corrected chi connectivity index (χ3v) is 9.31. The van der Waals surface area contributed by atoms with Crippen LogP contribution in [-0.2, 0) is 21.9 Å². The Hall–Kier alpha value is -3.02. The van der Waals surface area contributed by atoms with E-state index in [1.165, 1.54) is 5.56 Å². The van der Waals surface area contributed by atoms with Crippen molar-refractivity contribution in [1.29, 1.82) is 0 Å². The molecule has 5 rings (SSSR count). The Balaban J connectivity index is 1.27. The van der Waals surface area contributed by atoms with Crippen molar-refractivity contribution in [3.8, 4) is 0 Å². The topological polar surface area (TPSA) is 96.5 Å². The number of nitrogens with zero attached hydrogens (tertiary/aromatic N) is 3. The van der Waals surface area contributed by atoms with Crippen molar-refractivity contribution in [3.05, 3.63) is 90.4 Å². The van der Waals surface area contributed by atoms with Crippen molar-refractivity contribution in [2.24, 2.45) is 0 Å². The first-order valence-electron chi connectivity index (χ1n) is 13.0. The molecule has 2 aromatic carbocycles. The van der Waals surface area contributed by atoms with Gasteiger partial charge in [-0.3, -0.25) is 14.7 Å². The number of fused-ring (bicyclic) bond motifs is 1. The lowest BCUT2D eigenvalue weighted by atomic mass is 10.2. The zero-order valence-corrected chi connectivity index (χ0v) is 23.5. The predicted octanol–water partition coefficient (Wildman–Crippen LogP) is 4.09. The molecule has 2 atom stereocenters. The summed E-state index contributed by atoms with van der Waals surface area (Å²) in [7, 11) is 1.78. The molecule has 0 bridgehead atoms. The summed E-state index contributed by atoms with van der Waals surface area (Å²) in [5.41, 5.74) is 3.27. The van der Waals surface area contributed by atoms with E-state index in [2.05, 4.69) is 44.5 Å². The number of carbonyl (C=O) groups is 1. The molecular weight excluding hydrogens is 530 g/mol. The summed E-state index contributed by atoms with van der Waals surface area (Å²) in [6.45, 7) is 4.77. The van der Waals surface area contributed by atoms with Crippen molar-refractivity contribution in [3.63, 3.8) is 0 Å². The van der Waals surface area contributed by atoms with Gasteiger partial charge < -0.3 is 19.6 Å². The van der Waals surface area contributed by atoms with Crippen LogP contribution < -0.4 is 9.62 Å². The van der Waals surface area contributed by atoms with E-state index >= 15 is 0 Å². The van der Waals surface area contributed by atoms with E-state index in [0.29, 0.717) is 17.1 Å². The number of aromatic nitrogens is 2. The lowest BCUT2D eigenvalue weighted by molar-refractivity contribution is 0.0381. The summed E-state index contributed by atoms with van der Waals surface area (Å²) in [5.74, 6) is 0.738. The van der Waals surface area contributed by atoms with Gasteiger partial charge in [0, 0.05) is 48.8 Å². The molecule has 3 heterocycles. The minimum absolute atomic E-state index is 0.152. The largest absolute Gasteiger partial charge is 0.588 e. The van der Waals surface area contributed by atoms with Gasteiger partial charge in [0.15, 0.2) is 4.90 Å². The maximum Gasteiger partial charge on any atom is 0.267 e. The molecule has 1 fully saturated rings. The van der Waals surface area contributed by atoms with Crippen LogP contribution in [0.1, 0.15) is 16.1 Å². The summed E-state index contributed by atoms with van der Waals surface area (Å²) in [6.07, 6.45) is 3.26. The highest BCUT2D eigenvalue weighted by Crippen LogP contribution is 2.30. The van der Waals surface area contributed by atoms with Crippen LogP contribution in [0, 0.1) is 0 Å². The van der Waals surface area contributed by atoms with Crippen molar-refractivity contribution in [2.45, 2.75) is 15.9 Å². The Bertz CT molecular complexity index is 1350. The fourth-order valence-corrected chi connectivity index (χ4v) is 6.69. The number of hydrogen-bond donors (Lipinski definition) is 2. The third kappa shape index (κ3) is 7.14. The number of anilines is 1. The average molecular weight is 564 g/mol. The second kappa shape index (κ2) is 13.4. The standard InChI is InChI=1S/C29H33N5O3S2/c1-33(39(36)25-10-6-12-30-19-25)27-11-5-9-23-17-26(32-28(23)27)29(35)31-18-24(20-34-13-15-37-16-14-34)38-21-22-7-3-2-4-8-22/h2-12,17,19,24,32H,13-16,18,20-21H2,1H3,(H,31,35). The van der Waals surface area contributed by atoms with E-state index in [9.17, 15) is 9.35 Å². The number of H-pyrrole nitrogens is 1. The number of carbonyl (C=O) groups excluding carboxylic acids is 1. The van der Waals surface area contributed by atoms with Crippen LogP contribution in [0.4, 0.5) is 5.69 Å². The van der Waals surface area contributed by atoms with Crippen LogP contribution >= 0.6 is 11.8 Å².